The molecule has 0 bridgehead atoms. The third-order valence-corrected chi connectivity index (χ3v) is 9.64. The van der Waals surface area contributed by atoms with Crippen molar-refractivity contribution in [2.24, 2.45) is 0 Å². The van der Waals surface area contributed by atoms with E-state index in [1.807, 2.05) is 77.9 Å². The molecule has 1 saturated heterocycles. The molecule has 2 heterocycles. The number of sulfonamides is 1. The summed E-state index contributed by atoms with van der Waals surface area (Å²) in [6.45, 7) is 13.3. The zero-order chi connectivity index (χ0) is 36.2. The van der Waals surface area contributed by atoms with Crippen LogP contribution < -0.4 is 9.46 Å². The molecule has 0 spiro atoms. The maximum Gasteiger partial charge on any atom is 0.410 e. The number of hydrogen-bond donors (Lipinski definition) is 2. The Morgan fingerprint density at radius 3 is 2.27 bits per heavy atom. The molecule has 4 aromatic rings. The Balaban J connectivity index is 0.00000583. The minimum absolute atomic E-state index is 0. The van der Waals surface area contributed by atoms with Crippen LogP contribution in [0, 0.1) is 13.8 Å². The quantitative estimate of drug-likeness (QED) is 0.183. The number of nitrogens with zero attached hydrogens (tertiary/aromatic N) is 4. The molecule has 14 heteroatoms. The van der Waals surface area contributed by atoms with E-state index in [0.29, 0.717) is 31.9 Å². The number of aryl methyl sites for hydroxylation is 2. The number of carboxylic acids is 1. The Labute approximate surface area is 305 Å². The van der Waals surface area contributed by atoms with Crippen LogP contribution >= 0.6 is 12.4 Å². The van der Waals surface area contributed by atoms with E-state index in [4.69, 9.17) is 9.47 Å². The number of halogens is 1. The summed E-state index contributed by atoms with van der Waals surface area (Å²) in [6.07, 6.45) is -0.932. The number of anilines is 1. The van der Waals surface area contributed by atoms with Crippen molar-refractivity contribution in [3.8, 4) is 17.1 Å². The highest BCUT2D eigenvalue weighted by molar-refractivity contribution is 7.92. The van der Waals surface area contributed by atoms with Crippen LogP contribution in [-0.4, -0.2) is 82.7 Å². The number of benzene rings is 3. The van der Waals surface area contributed by atoms with Gasteiger partial charge in [-0.15, -0.1) is 12.4 Å². The molecule has 1 aromatic heterocycles. The van der Waals surface area contributed by atoms with E-state index in [1.54, 1.807) is 11.0 Å². The summed E-state index contributed by atoms with van der Waals surface area (Å²) in [6, 6.07) is 22.2. The van der Waals surface area contributed by atoms with Gasteiger partial charge < -0.3 is 19.5 Å². The van der Waals surface area contributed by atoms with Gasteiger partial charge in [0.05, 0.1) is 22.2 Å². The Morgan fingerprint density at radius 2 is 1.63 bits per heavy atom. The number of ether oxygens (including phenoxy) is 2. The molecule has 1 aliphatic rings. The van der Waals surface area contributed by atoms with Crippen molar-refractivity contribution in [2.75, 3.05) is 24.4 Å². The molecule has 5 rings (SSSR count). The van der Waals surface area contributed by atoms with Crippen molar-refractivity contribution >= 4 is 40.4 Å². The van der Waals surface area contributed by atoms with Crippen LogP contribution in [-0.2, 0) is 21.3 Å². The highest BCUT2D eigenvalue weighted by Gasteiger charge is 2.36. The van der Waals surface area contributed by atoms with Gasteiger partial charge in [0.15, 0.2) is 0 Å². The Bertz CT molecular complexity index is 1950. The molecular formula is C37H44ClN5O7S. The molecule has 51 heavy (non-hydrogen) atoms. The van der Waals surface area contributed by atoms with Gasteiger partial charge in [0.2, 0.25) is 11.8 Å². The van der Waals surface area contributed by atoms with Crippen molar-refractivity contribution in [1.82, 2.24) is 19.8 Å². The Morgan fingerprint density at radius 1 is 0.961 bits per heavy atom. The number of nitrogens with one attached hydrogen (secondary N) is 1. The number of rotatable bonds is 10. The van der Waals surface area contributed by atoms with E-state index in [9.17, 15) is 23.1 Å². The zero-order valence-electron chi connectivity index (χ0n) is 29.5. The fourth-order valence-electron chi connectivity index (χ4n) is 5.92. The van der Waals surface area contributed by atoms with Crippen LogP contribution in [0.1, 0.15) is 54.7 Å². The number of carbonyl (C=O) groups excluding carboxylic acids is 1. The van der Waals surface area contributed by atoms with Crippen LogP contribution in [0.4, 0.5) is 10.7 Å². The minimum Gasteiger partial charge on any atom is -0.478 e. The Hall–Kier alpha value is -4.72. The number of amides is 1. The predicted octanol–water partition coefficient (Wildman–Crippen LogP) is 6.57. The lowest BCUT2D eigenvalue weighted by molar-refractivity contribution is -0.0183. The van der Waals surface area contributed by atoms with Crippen molar-refractivity contribution in [3.05, 3.63) is 101 Å². The first kappa shape index (κ1) is 39.1. The monoisotopic (exact) mass is 737 g/mol. The molecule has 1 fully saturated rings. The molecule has 0 radical (unpaired) electrons. The molecule has 1 aliphatic heterocycles. The number of piperazine rings is 1. The fourth-order valence-corrected chi connectivity index (χ4v) is 6.91. The number of carboxylic acid groups (broad SMARTS) is 1. The van der Waals surface area contributed by atoms with Gasteiger partial charge in [-0.25, -0.2) is 27.7 Å². The van der Waals surface area contributed by atoms with E-state index in [2.05, 4.69) is 31.7 Å². The van der Waals surface area contributed by atoms with Crippen LogP contribution in [0.25, 0.3) is 11.3 Å². The predicted molar refractivity (Wildman–Crippen MR) is 197 cm³/mol. The first-order chi connectivity index (χ1) is 23.6. The number of hydrogen-bond acceptors (Lipinski definition) is 9. The molecule has 12 nitrogen and oxygen atoms in total. The SMILES string of the molecule is Cc1cccc(C)c1-c1cc(OC(C)C2CN(C(=O)OC(C)(C)C)CCN2Cc2ccccc2)nc(NS(=O)(=O)c2cccc(C(=O)O)c2)n1.Cl. The maximum absolute atomic E-state index is 13.5. The van der Waals surface area contributed by atoms with Crippen molar-refractivity contribution < 1.29 is 32.6 Å². The lowest BCUT2D eigenvalue weighted by atomic mass is 10.00. The van der Waals surface area contributed by atoms with Gasteiger partial charge in [-0.3, -0.25) is 4.90 Å². The van der Waals surface area contributed by atoms with E-state index in [0.717, 1.165) is 28.3 Å². The molecule has 2 N–H and O–H groups in total. The summed E-state index contributed by atoms with van der Waals surface area (Å²) in [4.78, 5) is 37.4. The lowest BCUT2D eigenvalue weighted by Crippen LogP contribution is -2.59. The molecular weight excluding hydrogens is 694 g/mol. The van der Waals surface area contributed by atoms with Gasteiger partial charge in [-0.05, 0) is 76.4 Å². The second kappa shape index (κ2) is 16.1. The van der Waals surface area contributed by atoms with E-state index >= 15 is 0 Å². The summed E-state index contributed by atoms with van der Waals surface area (Å²) in [7, 11) is -4.29. The molecule has 3 aromatic carbocycles. The highest BCUT2D eigenvalue weighted by Crippen LogP contribution is 2.31. The standard InChI is InChI=1S/C37H43N5O7S.ClH/c1-24-12-10-13-25(2)33(24)30-21-32(39-35(38-30)40-50(46,47)29-17-11-16-28(20-29)34(43)44)48-26(3)31-23-42(36(45)49-37(4,5)6)19-18-41(31)22-27-14-8-7-9-15-27;/h7-17,20-21,26,31H,18-19,22-23H2,1-6H3,(H,43,44)(H,38,39,40);1H. The van der Waals surface area contributed by atoms with Crippen LogP contribution in [0.15, 0.2) is 83.8 Å². The van der Waals surface area contributed by atoms with Gasteiger partial charge in [0, 0.05) is 37.8 Å². The second-order valence-electron chi connectivity index (χ2n) is 13.4. The van der Waals surface area contributed by atoms with Gasteiger partial charge >= 0.3 is 12.1 Å². The van der Waals surface area contributed by atoms with Gasteiger partial charge in [0.1, 0.15) is 11.7 Å². The average Bonchev–Trinajstić information content (AvgIpc) is 3.04. The summed E-state index contributed by atoms with van der Waals surface area (Å²) >= 11 is 0. The summed E-state index contributed by atoms with van der Waals surface area (Å²) in [5, 5.41) is 9.42. The normalized spacial score (nSPS) is 15.7. The second-order valence-corrected chi connectivity index (χ2v) is 15.1. The van der Waals surface area contributed by atoms with Gasteiger partial charge in [0.25, 0.3) is 10.0 Å². The smallest absolute Gasteiger partial charge is 0.410 e. The van der Waals surface area contributed by atoms with Gasteiger partial charge in [-0.2, -0.15) is 4.98 Å². The first-order valence-corrected chi connectivity index (χ1v) is 17.8. The summed E-state index contributed by atoms with van der Waals surface area (Å²) in [5.41, 5.74) is 3.34. The van der Waals surface area contributed by atoms with Crippen LogP contribution in [0.2, 0.25) is 0 Å². The zero-order valence-corrected chi connectivity index (χ0v) is 31.1. The maximum atomic E-state index is 13.5. The minimum atomic E-state index is -4.29. The molecule has 0 saturated carbocycles. The number of carbonyl (C=O) groups is 2. The summed E-state index contributed by atoms with van der Waals surface area (Å²) in [5.74, 6) is -1.38. The molecule has 1 amide bonds. The molecule has 272 valence electrons. The lowest BCUT2D eigenvalue weighted by Gasteiger charge is -2.43. The van der Waals surface area contributed by atoms with Gasteiger partial charge in [-0.1, -0.05) is 54.6 Å². The van der Waals surface area contributed by atoms with Crippen molar-refractivity contribution in [1.29, 1.82) is 0 Å². The van der Waals surface area contributed by atoms with Crippen molar-refractivity contribution in [3.63, 3.8) is 0 Å². The molecule has 0 aliphatic carbocycles. The number of aromatic carboxylic acids is 1. The van der Waals surface area contributed by atoms with Crippen molar-refractivity contribution in [2.45, 2.75) is 70.7 Å². The third-order valence-electron chi connectivity index (χ3n) is 8.32. The largest absolute Gasteiger partial charge is 0.478 e. The first-order valence-electron chi connectivity index (χ1n) is 16.3. The highest BCUT2D eigenvalue weighted by atomic mass is 35.5. The van der Waals surface area contributed by atoms with Crippen LogP contribution in [0.5, 0.6) is 5.88 Å². The van der Waals surface area contributed by atoms with E-state index < -0.39 is 33.8 Å². The van der Waals surface area contributed by atoms with Crippen LogP contribution in [0.3, 0.4) is 0 Å². The topological polar surface area (TPSA) is 151 Å². The van der Waals surface area contributed by atoms with E-state index in [-0.39, 0.29) is 40.7 Å². The average molecular weight is 738 g/mol. The third kappa shape index (κ3) is 9.96. The fraction of sp³-hybridized carbons (Fsp3) is 0.351. The number of aromatic nitrogens is 2. The Kier molecular flexibility index (Phi) is 12.3. The van der Waals surface area contributed by atoms with E-state index in [1.165, 1.54) is 18.2 Å². The summed E-state index contributed by atoms with van der Waals surface area (Å²) < 4.78 is 41.6. The molecule has 2 unspecified atom stereocenters. The molecule has 2 atom stereocenters.